The molecule has 0 bridgehead atoms. The third kappa shape index (κ3) is 9.15. The van der Waals surface area contributed by atoms with Crippen LogP contribution in [0.4, 0.5) is 0 Å². The van der Waals surface area contributed by atoms with Crippen LogP contribution in [0.2, 0.25) is 10.1 Å². The van der Waals surface area contributed by atoms with Gasteiger partial charge in [0.2, 0.25) is 0 Å². The van der Waals surface area contributed by atoms with Crippen molar-refractivity contribution in [2.45, 2.75) is 126 Å². The number of benzene rings is 4. The van der Waals surface area contributed by atoms with Crippen LogP contribution in [-0.2, 0) is 42.0 Å². The zero-order valence-corrected chi connectivity index (χ0v) is 40.1. The van der Waals surface area contributed by atoms with E-state index < -0.39 is 89.0 Å². The van der Waals surface area contributed by atoms with Crippen LogP contribution in [0.15, 0.2) is 126 Å². The summed E-state index contributed by atoms with van der Waals surface area (Å²) in [6.45, 7) is 14.6. The molecule has 14 nitrogen and oxygen atoms in total. The molecule has 64 heavy (non-hydrogen) atoms. The molecule has 3 aliphatic rings. The molecule has 11 atom stereocenters. The lowest BCUT2D eigenvalue weighted by Gasteiger charge is -2.48. The topological polar surface area (TPSA) is 172 Å². The number of rotatable bonds is 15. The molecule has 0 aromatic heterocycles. The van der Waals surface area contributed by atoms with E-state index >= 15 is 0 Å². The van der Waals surface area contributed by atoms with Gasteiger partial charge in [-0.2, -0.15) is 0 Å². The number of hydrogen-bond acceptors (Lipinski definition) is 12. The van der Waals surface area contributed by atoms with E-state index in [-0.39, 0.29) is 18.3 Å². The van der Waals surface area contributed by atoms with E-state index in [1.165, 1.54) is 14.2 Å². The number of fused-ring (bicyclic) bond motifs is 1. The molecule has 0 aliphatic carbocycles. The fraction of sp³-hybridized carbons (Fsp3) is 0.500. The molecule has 344 valence electrons. The van der Waals surface area contributed by atoms with Crippen LogP contribution >= 0.6 is 0 Å². The van der Waals surface area contributed by atoms with E-state index in [0.29, 0.717) is 0 Å². The highest BCUT2D eigenvalue weighted by Crippen LogP contribution is 2.43. The minimum atomic E-state index is -3.15. The van der Waals surface area contributed by atoms with Gasteiger partial charge in [-0.15, -0.1) is 0 Å². The van der Waals surface area contributed by atoms with Crippen molar-refractivity contribution in [3.63, 3.8) is 0 Å². The van der Waals surface area contributed by atoms with Crippen molar-refractivity contribution in [1.29, 1.82) is 0 Å². The fourth-order valence-corrected chi connectivity index (χ4v) is 18.9. The van der Waals surface area contributed by atoms with Crippen LogP contribution in [-0.4, -0.2) is 122 Å². The summed E-state index contributed by atoms with van der Waals surface area (Å²) in [7, 11) is -3.38. The molecular weight excluding hydrogens is 851 g/mol. The number of azide groups is 1. The van der Waals surface area contributed by atoms with E-state index in [9.17, 15) is 15.7 Å². The molecule has 0 amide bonds. The maximum absolute atomic E-state index is 12.2. The normalized spacial score (nSPS) is 30.0. The number of ether oxygens (including phenoxy) is 7. The lowest BCUT2D eigenvalue weighted by Crippen LogP contribution is -2.69. The second-order valence-corrected chi connectivity index (χ2v) is 27.4. The Kier molecular flexibility index (Phi) is 14.7. The Balaban J connectivity index is 1.26. The van der Waals surface area contributed by atoms with E-state index in [1.54, 1.807) is 6.92 Å². The third-order valence-electron chi connectivity index (χ3n) is 12.8. The fourth-order valence-electron chi connectivity index (χ4n) is 9.71. The van der Waals surface area contributed by atoms with Crippen molar-refractivity contribution in [1.82, 2.24) is 0 Å². The Morgan fingerprint density at radius 3 is 1.42 bits per heavy atom. The van der Waals surface area contributed by atoms with Gasteiger partial charge in [0, 0.05) is 26.1 Å². The quantitative estimate of drug-likeness (QED) is 0.0702. The number of methoxy groups -OCH3 is 2. The van der Waals surface area contributed by atoms with Gasteiger partial charge in [-0.05, 0) is 36.4 Å². The van der Waals surface area contributed by atoms with Crippen LogP contribution in [0.25, 0.3) is 10.4 Å². The van der Waals surface area contributed by atoms with Crippen LogP contribution in [0.5, 0.6) is 0 Å². The minimum absolute atomic E-state index is 0.0153. The van der Waals surface area contributed by atoms with E-state index in [0.717, 1.165) is 20.7 Å². The summed E-state index contributed by atoms with van der Waals surface area (Å²) in [5.41, 5.74) is 9.63. The summed E-state index contributed by atoms with van der Waals surface area (Å²) in [5.74, 6) is -1.53. The van der Waals surface area contributed by atoms with Crippen molar-refractivity contribution in [2.75, 3.05) is 27.4 Å². The Bertz CT molecular complexity index is 2080. The maximum Gasteiger partial charge on any atom is 0.280 e. The number of aliphatic hydroxyl groups is 2. The van der Waals surface area contributed by atoms with Gasteiger partial charge in [-0.3, -0.25) is 0 Å². The zero-order valence-electron chi connectivity index (χ0n) is 38.1. The molecule has 0 radical (unpaired) electrons. The Hall–Kier alpha value is -3.82. The average Bonchev–Trinajstić information content (AvgIpc) is 3.66. The molecule has 16 heteroatoms. The van der Waals surface area contributed by atoms with E-state index in [1.807, 2.05) is 72.8 Å². The standard InChI is InChI=1S/C48H63N3O11Si2/c1-46(2,3)63(32-22-14-10-15-23-32,33-24-16-11-17-25-33)56-30-36-41(39(52)38(50-51-49)44(54-8)58-36)60-45-40(53)43-42(61-48(7,55-9)62-43)37(59-45)31-57-64(47(4,5)6,34-26-18-12-19-27-34)35-28-20-13-21-29-35/h10-29,36-45,52-53H,30-31H2,1-9H3/t36-,37-,38-,39-,40-,41-,42+,43-,44-,45+,48?/m1/s1. The summed E-state index contributed by atoms with van der Waals surface area (Å²) in [6.07, 6.45) is -10.5. The molecule has 0 saturated carbocycles. The predicted molar refractivity (Wildman–Crippen MR) is 246 cm³/mol. The second-order valence-electron chi connectivity index (χ2n) is 18.8. The first-order valence-electron chi connectivity index (χ1n) is 21.8. The van der Waals surface area contributed by atoms with Crippen molar-refractivity contribution in [2.24, 2.45) is 5.11 Å². The predicted octanol–water partition coefficient (Wildman–Crippen LogP) is 5.13. The smallest absolute Gasteiger partial charge is 0.280 e. The average molecular weight is 914 g/mol. The van der Waals surface area contributed by atoms with Crippen LogP contribution in [0.3, 0.4) is 0 Å². The van der Waals surface area contributed by atoms with Crippen LogP contribution < -0.4 is 20.7 Å². The Morgan fingerprint density at radius 1 is 0.625 bits per heavy atom. The van der Waals surface area contributed by atoms with Gasteiger partial charge >= 0.3 is 0 Å². The van der Waals surface area contributed by atoms with Crippen molar-refractivity contribution in [3.8, 4) is 0 Å². The number of nitrogens with zero attached hydrogens (tertiary/aromatic N) is 3. The summed E-state index contributed by atoms with van der Waals surface area (Å²) in [6, 6.07) is 39.5. The van der Waals surface area contributed by atoms with Crippen molar-refractivity contribution in [3.05, 3.63) is 132 Å². The molecule has 4 aromatic rings. The van der Waals surface area contributed by atoms with Crippen LogP contribution in [0.1, 0.15) is 48.5 Å². The van der Waals surface area contributed by atoms with Gasteiger partial charge < -0.3 is 52.2 Å². The number of hydrogen-bond donors (Lipinski definition) is 2. The first kappa shape index (κ1) is 48.1. The van der Waals surface area contributed by atoms with Gasteiger partial charge in [-0.25, -0.2) is 0 Å². The second kappa shape index (κ2) is 19.6. The van der Waals surface area contributed by atoms with Gasteiger partial charge in [0.1, 0.15) is 42.7 Å². The largest absolute Gasteiger partial charge is 0.405 e. The Labute approximate surface area is 378 Å². The molecule has 3 saturated heterocycles. The molecule has 0 spiro atoms. The molecular formula is C48H63N3O11Si2. The maximum atomic E-state index is 12.2. The van der Waals surface area contributed by atoms with Crippen LogP contribution in [0, 0.1) is 0 Å². The van der Waals surface area contributed by atoms with E-state index in [2.05, 4.69) is 100 Å². The summed E-state index contributed by atoms with van der Waals surface area (Å²) >= 11 is 0. The third-order valence-corrected chi connectivity index (χ3v) is 22.8. The zero-order chi connectivity index (χ0) is 45.9. The minimum Gasteiger partial charge on any atom is -0.405 e. The van der Waals surface area contributed by atoms with Gasteiger partial charge in [-0.1, -0.05) is 168 Å². The highest BCUT2D eigenvalue weighted by molar-refractivity contribution is 7.00. The highest BCUT2D eigenvalue weighted by Gasteiger charge is 2.60. The molecule has 3 fully saturated rings. The van der Waals surface area contributed by atoms with Gasteiger partial charge in [0.25, 0.3) is 22.6 Å². The van der Waals surface area contributed by atoms with E-state index in [4.69, 9.17) is 42.0 Å². The van der Waals surface area contributed by atoms with Crippen molar-refractivity contribution < 1.29 is 52.2 Å². The summed E-state index contributed by atoms with van der Waals surface area (Å²) in [4.78, 5) is 3.01. The lowest BCUT2D eigenvalue weighted by molar-refractivity contribution is -0.336. The molecule has 3 heterocycles. The summed E-state index contributed by atoms with van der Waals surface area (Å²) in [5, 5.41) is 31.7. The molecule has 1 unspecified atom stereocenters. The summed E-state index contributed by atoms with van der Waals surface area (Å²) < 4.78 is 58.7. The lowest BCUT2D eigenvalue weighted by atomic mass is 9.96. The molecule has 4 aromatic carbocycles. The molecule has 2 N–H and O–H groups in total. The molecule has 3 aliphatic heterocycles. The highest BCUT2D eigenvalue weighted by atomic mass is 28.4. The first-order valence-corrected chi connectivity index (χ1v) is 25.7. The van der Waals surface area contributed by atoms with Gasteiger partial charge in [0.15, 0.2) is 12.6 Å². The first-order chi connectivity index (χ1) is 30.5. The monoisotopic (exact) mass is 913 g/mol. The number of aliphatic hydroxyl groups excluding tert-OH is 2. The van der Waals surface area contributed by atoms with Crippen molar-refractivity contribution >= 4 is 37.4 Å². The molecule has 7 rings (SSSR count). The SMILES string of the molecule is CO[C@@H]1O[C@H](CO[Si](c2ccccc2)(c2ccccc2)C(C)(C)C)[C@@H](O[C@@H]2O[C@H](CO[Si](c3ccccc3)(c3ccccc3)C(C)(C)C)[C@@H]3OC(C)(OC)O[C@@H]3[C@H]2O)[C@H](O)[C@H]1N=[N+]=[N-]. The van der Waals surface area contributed by atoms with Gasteiger partial charge in [0.05, 0.1) is 19.3 Å². The Morgan fingerprint density at radius 2 is 1.03 bits per heavy atom.